The van der Waals surface area contributed by atoms with E-state index in [2.05, 4.69) is 31.0 Å². The van der Waals surface area contributed by atoms with Gasteiger partial charge < -0.3 is 16.0 Å². The lowest BCUT2D eigenvalue weighted by Crippen LogP contribution is -2.45. The zero-order valence-corrected chi connectivity index (χ0v) is 13.5. The Morgan fingerprint density at radius 2 is 2.00 bits per heavy atom. The molecule has 118 valence electrons. The monoisotopic (exact) mass is 283 g/mol. The molecular weight excluding hydrogens is 250 g/mol. The van der Waals surface area contributed by atoms with Crippen molar-refractivity contribution in [2.45, 2.75) is 71.4 Å². The molecule has 4 heteroatoms. The third kappa shape index (κ3) is 6.23. The highest BCUT2D eigenvalue weighted by atomic mass is 16.1. The van der Waals surface area contributed by atoms with E-state index in [-0.39, 0.29) is 11.9 Å². The summed E-state index contributed by atoms with van der Waals surface area (Å²) >= 11 is 0. The van der Waals surface area contributed by atoms with Crippen LogP contribution in [0.1, 0.15) is 59.3 Å². The third-order valence-electron chi connectivity index (χ3n) is 4.13. The molecule has 20 heavy (non-hydrogen) atoms. The second-order valence-electron chi connectivity index (χ2n) is 6.52. The second-order valence-corrected chi connectivity index (χ2v) is 6.52. The smallest absolute Gasteiger partial charge is 0.234 e. The van der Waals surface area contributed by atoms with Crippen molar-refractivity contribution in [3.8, 4) is 0 Å². The first-order valence-corrected chi connectivity index (χ1v) is 8.31. The summed E-state index contributed by atoms with van der Waals surface area (Å²) in [7, 11) is 0. The number of nitrogens with one attached hydrogen (secondary N) is 1. The van der Waals surface area contributed by atoms with Crippen LogP contribution in [0.3, 0.4) is 0 Å². The zero-order valence-electron chi connectivity index (χ0n) is 13.5. The Labute approximate surface area is 124 Å². The summed E-state index contributed by atoms with van der Waals surface area (Å²) in [6.45, 7) is 9.61. The standard InChI is InChI=1S/C16H33N3O/c1-4-10-18-15(16(17)20)9-11-19(12-13(2)3)14-7-5-6-8-14/h13-15,18H,4-12H2,1-3H3,(H2,17,20). The molecule has 1 saturated carbocycles. The van der Waals surface area contributed by atoms with E-state index >= 15 is 0 Å². The maximum Gasteiger partial charge on any atom is 0.234 e. The molecule has 0 aliphatic heterocycles. The predicted molar refractivity (Wildman–Crippen MR) is 84.6 cm³/mol. The molecule has 0 aromatic heterocycles. The van der Waals surface area contributed by atoms with Gasteiger partial charge in [-0.1, -0.05) is 33.6 Å². The van der Waals surface area contributed by atoms with E-state index in [9.17, 15) is 4.79 Å². The number of carbonyl (C=O) groups is 1. The van der Waals surface area contributed by atoms with Crippen molar-refractivity contribution in [2.24, 2.45) is 11.7 Å². The molecule has 0 aromatic rings. The fourth-order valence-electron chi connectivity index (χ4n) is 3.12. The number of hydrogen-bond donors (Lipinski definition) is 2. The lowest BCUT2D eigenvalue weighted by Gasteiger charge is -2.31. The fourth-order valence-corrected chi connectivity index (χ4v) is 3.12. The molecule has 0 bridgehead atoms. The molecule has 1 aliphatic rings. The van der Waals surface area contributed by atoms with E-state index in [1.165, 1.54) is 25.7 Å². The Balaban J connectivity index is 2.47. The minimum atomic E-state index is -0.214. The summed E-state index contributed by atoms with van der Waals surface area (Å²) in [4.78, 5) is 14.1. The van der Waals surface area contributed by atoms with Gasteiger partial charge in [-0.2, -0.15) is 0 Å². The first kappa shape index (κ1) is 17.4. The van der Waals surface area contributed by atoms with E-state index in [0.29, 0.717) is 5.92 Å². The van der Waals surface area contributed by atoms with Crippen molar-refractivity contribution in [3.63, 3.8) is 0 Å². The number of amides is 1. The van der Waals surface area contributed by atoms with Crippen molar-refractivity contribution < 1.29 is 4.79 Å². The molecule has 4 nitrogen and oxygen atoms in total. The normalized spacial score (nSPS) is 18.1. The predicted octanol–water partition coefficient (Wildman–Crippen LogP) is 2.13. The average molecular weight is 283 g/mol. The van der Waals surface area contributed by atoms with Gasteiger partial charge in [-0.3, -0.25) is 4.79 Å². The Morgan fingerprint density at radius 1 is 1.35 bits per heavy atom. The lowest BCUT2D eigenvalue weighted by molar-refractivity contribution is -0.120. The van der Waals surface area contributed by atoms with Crippen LogP contribution in [0.2, 0.25) is 0 Å². The summed E-state index contributed by atoms with van der Waals surface area (Å²) in [6.07, 6.45) is 7.20. The molecule has 1 atom stereocenters. The molecule has 0 spiro atoms. The molecule has 1 fully saturated rings. The van der Waals surface area contributed by atoms with Crippen molar-refractivity contribution >= 4 is 5.91 Å². The molecule has 1 aliphatic carbocycles. The Morgan fingerprint density at radius 3 is 2.50 bits per heavy atom. The Hall–Kier alpha value is -0.610. The summed E-state index contributed by atoms with van der Waals surface area (Å²) in [5.41, 5.74) is 5.50. The molecule has 0 radical (unpaired) electrons. The molecule has 0 heterocycles. The number of carbonyl (C=O) groups excluding carboxylic acids is 1. The van der Waals surface area contributed by atoms with Crippen molar-refractivity contribution in [1.29, 1.82) is 0 Å². The molecular formula is C16H33N3O. The van der Waals surface area contributed by atoms with Gasteiger partial charge in [-0.05, 0) is 38.1 Å². The van der Waals surface area contributed by atoms with E-state index < -0.39 is 0 Å². The molecule has 0 aromatic carbocycles. The topological polar surface area (TPSA) is 58.4 Å². The Kier molecular flexibility index (Phi) is 8.15. The van der Waals surface area contributed by atoms with Gasteiger partial charge in [0.1, 0.15) is 0 Å². The minimum absolute atomic E-state index is 0.175. The van der Waals surface area contributed by atoms with Gasteiger partial charge in [0, 0.05) is 19.1 Å². The summed E-state index contributed by atoms with van der Waals surface area (Å²) < 4.78 is 0. The molecule has 1 rings (SSSR count). The summed E-state index contributed by atoms with van der Waals surface area (Å²) in [5, 5.41) is 3.27. The van der Waals surface area contributed by atoms with Crippen LogP contribution in [-0.4, -0.2) is 42.5 Å². The SMILES string of the molecule is CCCNC(CCN(CC(C)C)C1CCCC1)C(N)=O. The minimum Gasteiger partial charge on any atom is -0.368 e. The van der Waals surface area contributed by atoms with Crippen LogP contribution < -0.4 is 11.1 Å². The number of primary amides is 1. The van der Waals surface area contributed by atoms with E-state index in [1.54, 1.807) is 0 Å². The van der Waals surface area contributed by atoms with Crippen LogP contribution in [0.15, 0.2) is 0 Å². The van der Waals surface area contributed by atoms with Crippen LogP contribution in [0, 0.1) is 5.92 Å². The van der Waals surface area contributed by atoms with Gasteiger partial charge in [0.25, 0.3) is 0 Å². The van der Waals surface area contributed by atoms with Crippen LogP contribution in [0.5, 0.6) is 0 Å². The number of nitrogens with zero attached hydrogens (tertiary/aromatic N) is 1. The quantitative estimate of drug-likeness (QED) is 0.646. The maximum absolute atomic E-state index is 11.5. The highest BCUT2D eigenvalue weighted by Gasteiger charge is 2.24. The fraction of sp³-hybridized carbons (Fsp3) is 0.938. The van der Waals surface area contributed by atoms with Crippen molar-refractivity contribution in [3.05, 3.63) is 0 Å². The summed E-state index contributed by atoms with van der Waals surface area (Å²) in [6, 6.07) is 0.545. The molecule has 1 unspecified atom stereocenters. The average Bonchev–Trinajstić information content (AvgIpc) is 2.90. The van der Waals surface area contributed by atoms with Crippen LogP contribution in [0.4, 0.5) is 0 Å². The van der Waals surface area contributed by atoms with Gasteiger partial charge in [0.2, 0.25) is 5.91 Å². The van der Waals surface area contributed by atoms with Gasteiger partial charge in [0.15, 0.2) is 0 Å². The van der Waals surface area contributed by atoms with Gasteiger partial charge in [-0.25, -0.2) is 0 Å². The number of nitrogens with two attached hydrogens (primary N) is 1. The van der Waals surface area contributed by atoms with Crippen LogP contribution in [0.25, 0.3) is 0 Å². The highest BCUT2D eigenvalue weighted by Crippen LogP contribution is 2.24. The van der Waals surface area contributed by atoms with Crippen LogP contribution >= 0.6 is 0 Å². The first-order chi connectivity index (χ1) is 9.54. The number of hydrogen-bond acceptors (Lipinski definition) is 3. The zero-order chi connectivity index (χ0) is 15.0. The third-order valence-corrected chi connectivity index (χ3v) is 4.13. The lowest BCUT2D eigenvalue weighted by atomic mass is 10.1. The second kappa shape index (κ2) is 9.35. The van der Waals surface area contributed by atoms with E-state index in [4.69, 9.17) is 5.73 Å². The van der Waals surface area contributed by atoms with E-state index in [1.807, 2.05) is 0 Å². The number of rotatable bonds is 10. The molecule has 1 amide bonds. The Bertz CT molecular complexity index is 275. The highest BCUT2D eigenvalue weighted by molar-refractivity contribution is 5.79. The summed E-state index contributed by atoms with van der Waals surface area (Å²) in [5.74, 6) is 0.459. The maximum atomic E-state index is 11.5. The van der Waals surface area contributed by atoms with Gasteiger partial charge in [-0.15, -0.1) is 0 Å². The van der Waals surface area contributed by atoms with Crippen molar-refractivity contribution in [2.75, 3.05) is 19.6 Å². The largest absolute Gasteiger partial charge is 0.368 e. The van der Waals surface area contributed by atoms with E-state index in [0.717, 1.165) is 38.5 Å². The first-order valence-electron chi connectivity index (χ1n) is 8.31. The van der Waals surface area contributed by atoms with Crippen molar-refractivity contribution in [1.82, 2.24) is 10.2 Å². The van der Waals surface area contributed by atoms with Gasteiger partial charge >= 0.3 is 0 Å². The molecule has 3 N–H and O–H groups in total. The van der Waals surface area contributed by atoms with Crippen LogP contribution in [-0.2, 0) is 4.79 Å². The molecule has 0 saturated heterocycles. The van der Waals surface area contributed by atoms with Gasteiger partial charge in [0.05, 0.1) is 6.04 Å².